The van der Waals surface area contributed by atoms with Crippen molar-refractivity contribution in [1.29, 1.82) is 0 Å². The number of aliphatic carboxylic acids is 1. The molecule has 1 atom stereocenters. The van der Waals surface area contributed by atoms with Crippen LogP contribution in [0.1, 0.15) is 54.0 Å². The van der Waals surface area contributed by atoms with Crippen LogP contribution in [0.25, 0.3) is 0 Å². The van der Waals surface area contributed by atoms with Gasteiger partial charge in [0.1, 0.15) is 17.4 Å². The van der Waals surface area contributed by atoms with Crippen molar-refractivity contribution < 1.29 is 33.5 Å². The molecule has 8 nitrogen and oxygen atoms in total. The fourth-order valence-electron chi connectivity index (χ4n) is 2.95. The molecule has 1 heterocycles. The Morgan fingerprint density at radius 3 is 2.20 bits per heavy atom. The van der Waals surface area contributed by atoms with Crippen molar-refractivity contribution in [2.45, 2.75) is 77.7 Å². The maximum atomic E-state index is 12.0. The third-order valence-corrected chi connectivity index (χ3v) is 5.23. The van der Waals surface area contributed by atoms with E-state index in [2.05, 4.69) is 5.32 Å². The summed E-state index contributed by atoms with van der Waals surface area (Å²) in [6, 6.07) is 4.12. The molecule has 0 aromatic heterocycles. The Kier molecular flexibility index (Phi) is 6.78. The summed E-state index contributed by atoms with van der Waals surface area (Å²) in [7, 11) is 0.889. The lowest BCUT2D eigenvalue weighted by Crippen LogP contribution is -2.45. The van der Waals surface area contributed by atoms with E-state index >= 15 is 0 Å². The van der Waals surface area contributed by atoms with Gasteiger partial charge in [0.2, 0.25) is 0 Å². The fraction of sp³-hybridized carbons (Fsp3) is 0.619. The summed E-state index contributed by atoms with van der Waals surface area (Å²) >= 11 is 0. The third kappa shape index (κ3) is 5.67. The molecule has 2 rings (SSSR count). The molecular weight excluding hydrogens is 389 g/mol. The van der Waals surface area contributed by atoms with Crippen molar-refractivity contribution in [1.82, 2.24) is 5.32 Å². The second-order valence-electron chi connectivity index (χ2n) is 9.41. The van der Waals surface area contributed by atoms with E-state index in [0.717, 1.165) is 0 Å². The Hall–Kier alpha value is -2.26. The highest BCUT2D eigenvalue weighted by Crippen LogP contribution is 2.37. The van der Waals surface area contributed by atoms with Gasteiger partial charge in [-0.2, -0.15) is 0 Å². The average Bonchev–Trinajstić information content (AvgIpc) is 2.80. The quantitative estimate of drug-likeness (QED) is 0.681. The van der Waals surface area contributed by atoms with Crippen molar-refractivity contribution in [2.24, 2.45) is 0 Å². The van der Waals surface area contributed by atoms with Gasteiger partial charge in [0.05, 0.1) is 18.3 Å². The van der Waals surface area contributed by atoms with Crippen molar-refractivity contribution >= 4 is 24.6 Å². The molecule has 1 aromatic carbocycles. The number of methoxy groups -OCH3 is 1. The lowest BCUT2D eigenvalue weighted by molar-refractivity contribution is -0.139. The van der Waals surface area contributed by atoms with Gasteiger partial charge < -0.3 is 29.2 Å². The molecule has 1 aliphatic rings. The van der Waals surface area contributed by atoms with Crippen LogP contribution in [-0.2, 0) is 25.3 Å². The van der Waals surface area contributed by atoms with Crippen molar-refractivity contribution in [3.8, 4) is 5.75 Å². The minimum absolute atomic E-state index is 0.0606. The molecule has 166 valence electrons. The highest BCUT2D eigenvalue weighted by atomic mass is 16.7. The van der Waals surface area contributed by atoms with E-state index in [1.54, 1.807) is 46.1 Å². The minimum Gasteiger partial charge on any atom is -0.497 e. The number of ether oxygens (including phenoxy) is 2. The van der Waals surface area contributed by atoms with Gasteiger partial charge in [-0.05, 0) is 60.1 Å². The van der Waals surface area contributed by atoms with E-state index in [1.165, 1.54) is 0 Å². The van der Waals surface area contributed by atoms with E-state index in [4.69, 9.17) is 18.8 Å². The summed E-state index contributed by atoms with van der Waals surface area (Å²) in [6.45, 7) is 12.9. The van der Waals surface area contributed by atoms with Crippen LogP contribution in [0.15, 0.2) is 18.2 Å². The van der Waals surface area contributed by atoms with Gasteiger partial charge in [0, 0.05) is 11.9 Å². The lowest BCUT2D eigenvalue weighted by atomic mass is 9.77. The number of carboxylic acids is 1. The van der Waals surface area contributed by atoms with E-state index < -0.39 is 42.0 Å². The molecule has 9 heteroatoms. The first-order chi connectivity index (χ1) is 13.6. The number of benzene rings is 1. The first kappa shape index (κ1) is 24.0. The van der Waals surface area contributed by atoms with Gasteiger partial charge in [0.15, 0.2) is 0 Å². The Labute approximate surface area is 178 Å². The normalized spacial score (nSPS) is 18.6. The van der Waals surface area contributed by atoms with Crippen LogP contribution in [-0.4, -0.2) is 54.2 Å². The van der Waals surface area contributed by atoms with Crippen LogP contribution in [0, 0.1) is 0 Å². The highest BCUT2D eigenvalue weighted by Gasteiger charge is 2.52. The number of amides is 1. The van der Waals surface area contributed by atoms with E-state index in [1.807, 2.05) is 27.7 Å². The third-order valence-electron chi connectivity index (χ3n) is 5.23. The van der Waals surface area contributed by atoms with Crippen molar-refractivity contribution in [2.75, 3.05) is 7.11 Å². The maximum absolute atomic E-state index is 12.0. The van der Waals surface area contributed by atoms with Crippen molar-refractivity contribution in [3.63, 3.8) is 0 Å². The molecule has 0 spiro atoms. The number of hydrogen-bond donors (Lipinski definition) is 2. The second kappa shape index (κ2) is 8.47. The molecule has 0 aliphatic carbocycles. The minimum atomic E-state index is -1.16. The molecule has 1 unspecified atom stereocenters. The zero-order valence-electron chi connectivity index (χ0n) is 19.0. The molecule has 0 radical (unpaired) electrons. The summed E-state index contributed by atoms with van der Waals surface area (Å²) in [5.41, 5.74) is -0.433. The Balaban J connectivity index is 2.25. The molecule has 30 heavy (non-hydrogen) atoms. The first-order valence-corrected chi connectivity index (χ1v) is 9.90. The Bertz CT molecular complexity index is 785. The lowest BCUT2D eigenvalue weighted by Gasteiger charge is -2.32. The van der Waals surface area contributed by atoms with Gasteiger partial charge >= 0.3 is 19.2 Å². The Morgan fingerprint density at radius 1 is 1.17 bits per heavy atom. The van der Waals surface area contributed by atoms with Gasteiger partial charge in [-0.3, -0.25) is 0 Å². The van der Waals surface area contributed by atoms with Crippen LogP contribution in [0.2, 0.25) is 0 Å². The smallest absolute Gasteiger partial charge is 0.497 e. The first-order valence-electron chi connectivity index (χ1n) is 9.90. The molecule has 0 saturated carbocycles. The number of hydrogen-bond acceptors (Lipinski definition) is 6. The van der Waals surface area contributed by atoms with Gasteiger partial charge in [0.25, 0.3) is 0 Å². The number of carboxylic acid groups (broad SMARTS) is 1. The van der Waals surface area contributed by atoms with Crippen LogP contribution < -0.4 is 15.5 Å². The monoisotopic (exact) mass is 421 g/mol. The number of carbonyl (C=O) groups is 2. The largest absolute Gasteiger partial charge is 0.498 e. The SMILES string of the molecule is COc1ccc(CC(NC(=O)OC(C)(C)C)C(=O)O)cc1B1OC(C)(C)C(C)(C)O1. The average molecular weight is 421 g/mol. The van der Waals surface area contributed by atoms with Crippen LogP contribution in [0.3, 0.4) is 0 Å². The van der Waals surface area contributed by atoms with Gasteiger partial charge in [-0.25, -0.2) is 9.59 Å². The van der Waals surface area contributed by atoms with E-state index in [-0.39, 0.29) is 6.42 Å². The molecular formula is C21H32BNO7. The molecule has 1 amide bonds. The predicted molar refractivity (Wildman–Crippen MR) is 113 cm³/mol. The summed E-state index contributed by atoms with van der Waals surface area (Å²) in [5, 5.41) is 12.0. The van der Waals surface area contributed by atoms with E-state index in [9.17, 15) is 14.7 Å². The molecule has 2 N–H and O–H groups in total. The standard InChI is InChI=1S/C21H32BNO7/c1-19(2,3)28-18(26)23-15(17(24)25)12-13-9-10-16(27-8)14(11-13)22-29-20(4,5)21(6,7)30-22/h9-11,15H,12H2,1-8H3,(H,23,26)(H,24,25). The molecule has 1 aromatic rings. The topological polar surface area (TPSA) is 103 Å². The summed E-state index contributed by atoms with van der Waals surface area (Å²) in [6.07, 6.45) is -0.722. The second-order valence-corrected chi connectivity index (χ2v) is 9.41. The van der Waals surface area contributed by atoms with Gasteiger partial charge in [-0.1, -0.05) is 12.1 Å². The van der Waals surface area contributed by atoms with Gasteiger partial charge in [-0.15, -0.1) is 0 Å². The predicted octanol–water partition coefficient (Wildman–Crippen LogP) is 2.51. The zero-order chi connectivity index (χ0) is 22.9. The maximum Gasteiger partial charge on any atom is 0.498 e. The number of rotatable bonds is 6. The van der Waals surface area contributed by atoms with E-state index in [0.29, 0.717) is 16.8 Å². The number of alkyl carbamates (subject to hydrolysis) is 1. The molecule has 1 fully saturated rings. The molecule has 1 saturated heterocycles. The number of carbonyl (C=O) groups excluding carboxylic acids is 1. The summed E-state index contributed by atoms with van der Waals surface area (Å²) < 4.78 is 22.8. The summed E-state index contributed by atoms with van der Waals surface area (Å²) in [4.78, 5) is 23.7. The highest BCUT2D eigenvalue weighted by molar-refractivity contribution is 6.63. The van der Waals surface area contributed by atoms with Crippen LogP contribution in [0.5, 0.6) is 5.75 Å². The Morgan fingerprint density at radius 2 is 1.73 bits per heavy atom. The summed E-state index contributed by atoms with van der Waals surface area (Å²) in [5.74, 6) is -0.585. The van der Waals surface area contributed by atoms with Crippen molar-refractivity contribution in [3.05, 3.63) is 23.8 Å². The van der Waals surface area contributed by atoms with Crippen LogP contribution in [0.4, 0.5) is 4.79 Å². The number of nitrogens with one attached hydrogen (secondary N) is 1. The fourth-order valence-corrected chi connectivity index (χ4v) is 2.95. The zero-order valence-corrected chi connectivity index (χ0v) is 19.0. The molecule has 1 aliphatic heterocycles. The van der Waals surface area contributed by atoms with Crippen LogP contribution >= 0.6 is 0 Å². The molecule has 0 bridgehead atoms.